The van der Waals surface area contributed by atoms with Crippen molar-refractivity contribution < 1.29 is 79.0 Å². The molecule has 1 fully saturated rings. The molecule has 2 heterocycles. The number of benzene rings is 1. The van der Waals surface area contributed by atoms with Crippen LogP contribution in [0.1, 0.15) is 39.2 Å². The minimum absolute atomic E-state index is 0.226. The number of nitriles is 3. The van der Waals surface area contributed by atoms with E-state index in [9.17, 15) is 86.0 Å². The van der Waals surface area contributed by atoms with Gasteiger partial charge in [0.15, 0.2) is 34.7 Å². The molecule has 23 heteroatoms. The maximum Gasteiger partial charge on any atom is 0.436 e. The molecule has 0 radical (unpaired) electrons. The SMILES string of the molecule is N#CC(=C1C(=C(\C#N)c2cc(C(F)(F)F)cc(C(F)(F)F)c2)/C1=C(\C#N)c1c(F)c(F)nc(C(F)(F)F)c1F)c1c(F)c(F)nc(C(F)(F)F)c1F. The third kappa shape index (κ3) is 6.71. The Labute approximate surface area is 274 Å². The lowest BCUT2D eigenvalue weighted by molar-refractivity contribution is -0.145. The zero-order chi connectivity index (χ0) is 39.6. The molecule has 1 aliphatic rings. The van der Waals surface area contributed by atoms with Crippen LogP contribution in [0.3, 0.4) is 0 Å². The van der Waals surface area contributed by atoms with Crippen LogP contribution in [0.4, 0.5) is 79.0 Å². The highest BCUT2D eigenvalue weighted by molar-refractivity contribution is 6.12. The summed E-state index contributed by atoms with van der Waals surface area (Å²) in [7, 11) is 0. The first-order valence-corrected chi connectivity index (χ1v) is 12.7. The summed E-state index contributed by atoms with van der Waals surface area (Å²) < 4.78 is 251. The summed E-state index contributed by atoms with van der Waals surface area (Å²) in [5.41, 5.74) is -27.1. The average Bonchev–Trinajstić information content (AvgIpc) is 3.72. The summed E-state index contributed by atoms with van der Waals surface area (Å²) in [4.78, 5) is 4.00. The highest BCUT2D eigenvalue weighted by Gasteiger charge is 2.48. The Bertz CT molecular complexity index is 2140. The van der Waals surface area contributed by atoms with Gasteiger partial charge >= 0.3 is 24.7 Å². The fourth-order valence-corrected chi connectivity index (χ4v) is 4.62. The molecule has 0 aliphatic heterocycles. The van der Waals surface area contributed by atoms with Gasteiger partial charge in [-0.15, -0.1) is 0 Å². The lowest BCUT2D eigenvalue weighted by atomic mass is 9.98. The van der Waals surface area contributed by atoms with Gasteiger partial charge in [-0.3, -0.25) is 0 Å². The van der Waals surface area contributed by atoms with Crippen molar-refractivity contribution in [1.82, 2.24) is 9.97 Å². The molecule has 270 valence electrons. The maximum atomic E-state index is 15.1. The van der Waals surface area contributed by atoms with Crippen LogP contribution in [0.15, 0.2) is 34.9 Å². The van der Waals surface area contributed by atoms with E-state index in [4.69, 9.17) is 0 Å². The number of aromatic nitrogens is 2. The van der Waals surface area contributed by atoms with E-state index in [1.807, 2.05) is 9.97 Å². The molecule has 1 saturated carbocycles. The summed E-state index contributed by atoms with van der Waals surface area (Å²) in [6, 6.07) is 1.55. The van der Waals surface area contributed by atoms with E-state index in [0.717, 1.165) is 18.2 Å². The molecule has 0 spiro atoms. The van der Waals surface area contributed by atoms with E-state index in [0.29, 0.717) is 0 Å². The Balaban J connectivity index is 2.36. The number of hydrogen-bond donors (Lipinski definition) is 0. The number of allylic oxidation sites excluding steroid dienone is 6. The first-order chi connectivity index (χ1) is 23.7. The number of rotatable bonds is 3. The van der Waals surface area contributed by atoms with E-state index < -0.39 is 139 Å². The Morgan fingerprint density at radius 2 is 0.750 bits per heavy atom. The second-order valence-electron chi connectivity index (χ2n) is 9.88. The minimum atomic E-state index is -6.00. The Hall–Kier alpha value is -6.05. The van der Waals surface area contributed by atoms with Crippen molar-refractivity contribution in [1.29, 1.82) is 15.8 Å². The van der Waals surface area contributed by atoms with Crippen molar-refractivity contribution in [2.24, 2.45) is 0 Å². The Kier molecular flexibility index (Phi) is 9.40. The smallest absolute Gasteiger partial charge is 0.209 e. The van der Waals surface area contributed by atoms with Crippen LogP contribution in [-0.2, 0) is 24.7 Å². The van der Waals surface area contributed by atoms with Crippen LogP contribution >= 0.6 is 0 Å². The van der Waals surface area contributed by atoms with E-state index in [1.165, 1.54) is 0 Å². The zero-order valence-corrected chi connectivity index (χ0v) is 23.8. The van der Waals surface area contributed by atoms with Gasteiger partial charge in [-0.25, -0.2) is 27.5 Å². The van der Waals surface area contributed by atoms with E-state index in [2.05, 4.69) is 0 Å². The molecule has 4 rings (SSSR count). The van der Waals surface area contributed by atoms with Crippen molar-refractivity contribution in [3.63, 3.8) is 0 Å². The van der Waals surface area contributed by atoms with Crippen LogP contribution in [0, 0.1) is 69.2 Å². The fraction of sp³-hybridized carbons (Fsp3) is 0.138. The van der Waals surface area contributed by atoms with Gasteiger partial charge in [-0.05, 0) is 23.8 Å². The molecule has 0 bridgehead atoms. The van der Waals surface area contributed by atoms with Gasteiger partial charge in [-0.1, -0.05) is 0 Å². The van der Waals surface area contributed by atoms with Gasteiger partial charge in [-0.2, -0.15) is 77.3 Å². The normalized spacial score (nSPS) is 16.5. The van der Waals surface area contributed by atoms with Gasteiger partial charge in [0, 0.05) is 16.7 Å². The van der Waals surface area contributed by atoms with Crippen LogP contribution in [0.5, 0.6) is 0 Å². The molecular weight excluding hydrogens is 760 g/mol. The van der Waals surface area contributed by atoms with Crippen molar-refractivity contribution in [3.05, 3.63) is 109 Å². The second-order valence-corrected chi connectivity index (χ2v) is 9.88. The van der Waals surface area contributed by atoms with E-state index in [-0.39, 0.29) is 12.1 Å². The summed E-state index contributed by atoms with van der Waals surface area (Å²) in [5, 5.41) is 29.4. The second kappa shape index (κ2) is 12.6. The monoisotopic (exact) mass is 763 g/mol. The van der Waals surface area contributed by atoms with Crippen LogP contribution < -0.4 is 0 Å². The molecule has 0 unspecified atom stereocenters. The van der Waals surface area contributed by atoms with Crippen molar-refractivity contribution >= 4 is 16.7 Å². The fourth-order valence-electron chi connectivity index (χ4n) is 4.62. The average molecular weight is 763 g/mol. The topological polar surface area (TPSA) is 97.2 Å². The third-order valence-electron chi connectivity index (χ3n) is 6.76. The van der Waals surface area contributed by atoms with Gasteiger partial charge < -0.3 is 0 Å². The quantitative estimate of drug-likeness (QED) is 0.150. The van der Waals surface area contributed by atoms with Crippen molar-refractivity contribution in [2.45, 2.75) is 24.7 Å². The van der Waals surface area contributed by atoms with Crippen molar-refractivity contribution in [3.8, 4) is 18.2 Å². The molecule has 52 heavy (non-hydrogen) atoms. The lowest BCUT2D eigenvalue weighted by Gasteiger charge is -2.14. The third-order valence-corrected chi connectivity index (χ3v) is 6.76. The number of halogens is 18. The molecule has 0 N–H and O–H groups in total. The predicted molar refractivity (Wildman–Crippen MR) is 132 cm³/mol. The Morgan fingerprint density at radius 1 is 0.442 bits per heavy atom. The first kappa shape index (κ1) is 38.7. The molecule has 5 nitrogen and oxygen atoms in total. The maximum absolute atomic E-state index is 15.1. The molecule has 0 amide bonds. The summed E-state index contributed by atoms with van der Waals surface area (Å²) in [5.74, 6) is -17.1. The zero-order valence-electron chi connectivity index (χ0n) is 23.8. The predicted octanol–water partition coefficient (Wildman–Crippen LogP) is 9.63. The van der Waals surface area contributed by atoms with Crippen LogP contribution in [0.25, 0.3) is 16.7 Å². The molecule has 1 aromatic carbocycles. The largest absolute Gasteiger partial charge is 0.436 e. The minimum Gasteiger partial charge on any atom is -0.209 e. The highest BCUT2D eigenvalue weighted by Crippen LogP contribution is 2.57. The van der Waals surface area contributed by atoms with Gasteiger partial charge in [0.1, 0.15) is 18.2 Å². The number of hydrogen-bond acceptors (Lipinski definition) is 5. The van der Waals surface area contributed by atoms with Gasteiger partial charge in [0.2, 0.25) is 11.9 Å². The first-order valence-electron chi connectivity index (χ1n) is 12.7. The summed E-state index contributed by atoms with van der Waals surface area (Å²) in [6.07, 6.45) is -23.3. The molecule has 3 aromatic rings. The molecular formula is C29H3F18N5. The lowest BCUT2D eigenvalue weighted by Crippen LogP contribution is -2.16. The molecule has 0 saturated heterocycles. The standard InChI is InChI=1S/C29H3F18N5/c30-18-16(20(32)24(34)51-22(18)28(42,43)44)11(5-49)14-13(10(4-48)7-1-8(26(36,37)38)3-9(2-7)27(39,40)41)15(14)12(6-50)17-19(31)23(29(45,46)47)52-25(35)21(17)33/h1-3H/b13-10-,14-11?,15-12-. The number of alkyl halides is 12. The van der Waals surface area contributed by atoms with Crippen LogP contribution in [0.2, 0.25) is 0 Å². The van der Waals surface area contributed by atoms with Gasteiger partial charge in [0.05, 0.1) is 39.0 Å². The number of nitrogens with zero attached hydrogens (tertiary/aromatic N) is 5. The highest BCUT2D eigenvalue weighted by atomic mass is 19.4. The summed E-state index contributed by atoms with van der Waals surface area (Å²) >= 11 is 0. The Morgan fingerprint density at radius 3 is 1.02 bits per heavy atom. The number of pyridine rings is 2. The molecule has 0 atom stereocenters. The molecule has 2 aromatic heterocycles. The van der Waals surface area contributed by atoms with Crippen molar-refractivity contribution in [2.75, 3.05) is 0 Å². The van der Waals surface area contributed by atoms with E-state index in [1.54, 1.807) is 0 Å². The summed E-state index contributed by atoms with van der Waals surface area (Å²) in [6.45, 7) is 0. The van der Waals surface area contributed by atoms with Gasteiger partial charge in [0.25, 0.3) is 0 Å². The molecule has 1 aliphatic carbocycles. The van der Waals surface area contributed by atoms with Crippen LogP contribution in [-0.4, -0.2) is 9.97 Å². The van der Waals surface area contributed by atoms with E-state index >= 15 is 8.78 Å².